The molecule has 8 rings (SSSR count). The number of aliphatic hydroxyl groups excluding tert-OH is 2. The highest BCUT2D eigenvalue weighted by Gasteiger charge is 2.64. The van der Waals surface area contributed by atoms with Gasteiger partial charge in [0.15, 0.2) is 11.6 Å². The number of ketones is 4. The molecular formula is C44H64O6. The number of Topliss-reactive ketones (excluding diaryl/α,β-unsaturated/α-hetero) is 2. The predicted octanol–water partition coefficient (Wildman–Crippen LogP) is 7.88. The summed E-state index contributed by atoms with van der Waals surface area (Å²) < 4.78 is 0. The SMILES string of the molecule is CC(=O)[C@H]1CC[C@H]2[C@@H]3CCC4=CC(=O)CC(CO)[C@]4(C)[C@H]3CC[C@]12C.CC(=O)[C@H]1CC[C@H]2[C@@H]3C[C@H](C)C4=CC(=O)CC[C@]4(C)[C@H]3[C@@H](O)C[C@]12C. The first-order valence-corrected chi connectivity index (χ1v) is 20.3. The van der Waals surface area contributed by atoms with Crippen molar-refractivity contribution in [3.63, 3.8) is 0 Å². The summed E-state index contributed by atoms with van der Waals surface area (Å²) >= 11 is 0. The van der Waals surface area contributed by atoms with Crippen LogP contribution in [0.4, 0.5) is 0 Å². The lowest BCUT2D eigenvalue weighted by Gasteiger charge is -2.61. The van der Waals surface area contributed by atoms with Gasteiger partial charge < -0.3 is 10.2 Å². The van der Waals surface area contributed by atoms with Crippen molar-refractivity contribution in [3.05, 3.63) is 23.3 Å². The van der Waals surface area contributed by atoms with Gasteiger partial charge in [0, 0.05) is 31.3 Å². The van der Waals surface area contributed by atoms with Crippen LogP contribution in [0.2, 0.25) is 0 Å². The fourth-order valence-corrected chi connectivity index (χ4v) is 15.5. The van der Waals surface area contributed by atoms with Crippen molar-refractivity contribution in [2.75, 3.05) is 6.61 Å². The highest BCUT2D eigenvalue weighted by Crippen LogP contribution is 2.69. The molecule has 0 aliphatic heterocycles. The van der Waals surface area contributed by atoms with E-state index < -0.39 is 0 Å². The first-order valence-electron chi connectivity index (χ1n) is 20.3. The van der Waals surface area contributed by atoms with Crippen molar-refractivity contribution in [1.82, 2.24) is 0 Å². The maximum absolute atomic E-state index is 12.2. The van der Waals surface area contributed by atoms with Gasteiger partial charge in [-0.05, 0) is 166 Å². The van der Waals surface area contributed by atoms with Gasteiger partial charge in [0.25, 0.3) is 0 Å². The minimum atomic E-state index is -0.361. The van der Waals surface area contributed by atoms with E-state index in [2.05, 4.69) is 34.6 Å². The molecule has 0 aromatic heterocycles. The smallest absolute Gasteiger partial charge is 0.156 e. The molecule has 0 spiro atoms. The fourth-order valence-electron chi connectivity index (χ4n) is 15.5. The fraction of sp³-hybridized carbons (Fsp3) is 0.818. The number of hydrogen-bond donors (Lipinski definition) is 2. The average Bonchev–Trinajstić information content (AvgIpc) is 3.59. The van der Waals surface area contributed by atoms with Crippen LogP contribution >= 0.6 is 0 Å². The number of allylic oxidation sites excluding steroid dienone is 2. The van der Waals surface area contributed by atoms with Crippen molar-refractivity contribution in [2.45, 2.75) is 138 Å². The van der Waals surface area contributed by atoms with Gasteiger partial charge >= 0.3 is 0 Å². The molecule has 6 saturated carbocycles. The van der Waals surface area contributed by atoms with E-state index >= 15 is 0 Å². The van der Waals surface area contributed by atoms with Gasteiger partial charge in [-0.25, -0.2) is 0 Å². The molecule has 15 atom stereocenters. The summed E-state index contributed by atoms with van der Waals surface area (Å²) in [5.41, 5.74) is 2.63. The molecule has 0 bridgehead atoms. The van der Waals surface area contributed by atoms with Crippen LogP contribution in [0, 0.1) is 80.8 Å². The van der Waals surface area contributed by atoms with E-state index in [0.29, 0.717) is 59.9 Å². The zero-order valence-corrected chi connectivity index (χ0v) is 31.9. The Balaban J connectivity index is 0.000000157. The molecule has 1 unspecified atom stereocenters. The second-order valence-corrected chi connectivity index (χ2v) is 19.6. The van der Waals surface area contributed by atoms with Gasteiger partial charge in [-0.3, -0.25) is 19.2 Å². The summed E-state index contributed by atoms with van der Waals surface area (Å²) in [6, 6.07) is 0. The van der Waals surface area contributed by atoms with E-state index in [1.807, 2.05) is 12.2 Å². The Hall–Kier alpha value is -1.92. The first kappa shape index (κ1) is 36.4. The molecule has 2 N–H and O–H groups in total. The Morgan fingerprint density at radius 2 is 1.42 bits per heavy atom. The Labute approximate surface area is 300 Å². The average molecular weight is 689 g/mol. The topological polar surface area (TPSA) is 109 Å². The van der Waals surface area contributed by atoms with Gasteiger partial charge in [0.1, 0.15) is 11.6 Å². The minimum absolute atomic E-state index is 0.0266. The van der Waals surface area contributed by atoms with E-state index in [1.54, 1.807) is 13.8 Å². The molecule has 0 amide bonds. The third-order valence-electron chi connectivity index (χ3n) is 17.7. The molecular weight excluding hydrogens is 624 g/mol. The van der Waals surface area contributed by atoms with Gasteiger partial charge in [0.2, 0.25) is 0 Å². The molecule has 0 aromatic rings. The zero-order valence-electron chi connectivity index (χ0n) is 31.9. The Morgan fingerprint density at radius 1 is 0.780 bits per heavy atom. The van der Waals surface area contributed by atoms with Crippen LogP contribution in [0.1, 0.15) is 132 Å². The number of hydrogen-bond acceptors (Lipinski definition) is 6. The molecule has 8 aliphatic carbocycles. The van der Waals surface area contributed by atoms with Crippen LogP contribution in [0.3, 0.4) is 0 Å². The highest BCUT2D eigenvalue weighted by molar-refractivity contribution is 5.92. The lowest BCUT2D eigenvalue weighted by atomic mass is 9.44. The minimum Gasteiger partial charge on any atom is -0.396 e. The summed E-state index contributed by atoms with van der Waals surface area (Å²) in [4.78, 5) is 48.6. The number of carbonyl (C=O) groups is 4. The van der Waals surface area contributed by atoms with Crippen molar-refractivity contribution < 1.29 is 29.4 Å². The Morgan fingerprint density at radius 3 is 2.06 bits per heavy atom. The van der Waals surface area contributed by atoms with Crippen molar-refractivity contribution in [2.24, 2.45) is 80.8 Å². The summed E-state index contributed by atoms with van der Waals surface area (Å²) in [6.07, 6.45) is 16.0. The quantitative estimate of drug-likeness (QED) is 0.312. The lowest BCUT2D eigenvalue weighted by molar-refractivity contribution is -0.147. The third kappa shape index (κ3) is 5.21. The summed E-state index contributed by atoms with van der Waals surface area (Å²) in [5.74, 6) is 5.05. The van der Waals surface area contributed by atoms with Crippen LogP contribution < -0.4 is 0 Å². The van der Waals surface area contributed by atoms with Gasteiger partial charge in [-0.1, -0.05) is 45.8 Å². The maximum Gasteiger partial charge on any atom is 0.156 e. The van der Waals surface area contributed by atoms with Gasteiger partial charge in [-0.2, -0.15) is 0 Å². The summed E-state index contributed by atoms with van der Waals surface area (Å²) in [7, 11) is 0. The lowest BCUT2D eigenvalue weighted by Crippen LogP contribution is -2.58. The van der Waals surface area contributed by atoms with Gasteiger partial charge in [0.05, 0.1) is 6.10 Å². The molecule has 0 aromatic carbocycles. The van der Waals surface area contributed by atoms with E-state index in [0.717, 1.165) is 64.2 Å². The van der Waals surface area contributed by atoms with Crippen LogP contribution in [-0.2, 0) is 19.2 Å². The maximum atomic E-state index is 12.2. The second kappa shape index (κ2) is 12.6. The van der Waals surface area contributed by atoms with E-state index in [1.165, 1.54) is 17.6 Å². The normalized spacial score (nSPS) is 50.5. The molecule has 0 heterocycles. The van der Waals surface area contributed by atoms with E-state index in [-0.39, 0.29) is 69.6 Å². The number of aliphatic hydroxyl groups is 2. The van der Waals surface area contributed by atoms with E-state index in [4.69, 9.17) is 0 Å². The second-order valence-electron chi connectivity index (χ2n) is 19.6. The van der Waals surface area contributed by atoms with Crippen molar-refractivity contribution >= 4 is 23.1 Å². The Kier molecular flexibility index (Phi) is 9.18. The number of rotatable bonds is 3. The Bertz CT molecular complexity index is 1510. The molecule has 6 nitrogen and oxygen atoms in total. The van der Waals surface area contributed by atoms with Crippen LogP contribution in [0.15, 0.2) is 23.3 Å². The molecule has 6 heteroatoms. The molecule has 0 saturated heterocycles. The first-order chi connectivity index (χ1) is 23.5. The molecule has 276 valence electrons. The molecule has 0 radical (unpaired) electrons. The predicted molar refractivity (Wildman–Crippen MR) is 194 cm³/mol. The van der Waals surface area contributed by atoms with Crippen LogP contribution in [0.25, 0.3) is 0 Å². The van der Waals surface area contributed by atoms with Crippen molar-refractivity contribution in [3.8, 4) is 0 Å². The van der Waals surface area contributed by atoms with Crippen molar-refractivity contribution in [1.29, 1.82) is 0 Å². The molecule has 50 heavy (non-hydrogen) atoms. The third-order valence-corrected chi connectivity index (χ3v) is 17.7. The van der Waals surface area contributed by atoms with Crippen LogP contribution in [0.5, 0.6) is 0 Å². The van der Waals surface area contributed by atoms with E-state index in [9.17, 15) is 29.4 Å². The highest BCUT2D eigenvalue weighted by atomic mass is 16.3. The summed E-state index contributed by atoms with van der Waals surface area (Å²) in [6.45, 7) is 15.1. The summed E-state index contributed by atoms with van der Waals surface area (Å²) in [5, 5.41) is 21.3. The largest absolute Gasteiger partial charge is 0.396 e. The molecule has 8 aliphatic rings. The number of carbonyl (C=O) groups excluding carboxylic acids is 4. The van der Waals surface area contributed by atoms with Gasteiger partial charge in [-0.15, -0.1) is 0 Å². The number of fused-ring (bicyclic) bond motifs is 10. The standard InChI is InChI=1S/2C22H32O3/c1-12-9-15-17-6-5-16(13(2)23)22(17,4)11-19(25)20(15)21(3)8-7-14(24)10-18(12)21;1-13(24)18-6-7-19-17-5-4-14-10-16(25)11-15(12-23)22(14,3)20(17)8-9-21(18,19)2/h10,12,15-17,19-20,25H,5-9,11H2,1-4H3;10,15,17-20,23H,4-9,11-12H2,1-3H3/t12-,15-,16+,17-,19-,20+,21-,22+;15?,17-,18+,19-,20-,21+,22+/m00/s1. The monoisotopic (exact) mass is 688 g/mol. The molecule has 6 fully saturated rings. The van der Waals surface area contributed by atoms with Crippen LogP contribution in [-0.4, -0.2) is 46.1 Å². The zero-order chi connectivity index (χ0) is 36.1.